The largest absolute Gasteiger partial charge is 0.317 e. The van der Waals surface area contributed by atoms with Gasteiger partial charge in [-0.05, 0) is 65.0 Å². The predicted molar refractivity (Wildman–Crippen MR) is 68.8 cm³/mol. The molecule has 2 heterocycles. The molecule has 0 amide bonds. The molecule has 1 N–H and O–H groups in total. The fourth-order valence-electron chi connectivity index (χ4n) is 3.02. The van der Waals surface area contributed by atoms with Crippen LogP contribution in [0.15, 0.2) is 0 Å². The first-order chi connectivity index (χ1) is 7.90. The highest BCUT2D eigenvalue weighted by Gasteiger charge is 2.28. The van der Waals surface area contributed by atoms with E-state index in [1.807, 2.05) is 0 Å². The molecule has 0 spiro atoms. The van der Waals surface area contributed by atoms with Crippen molar-refractivity contribution in [3.8, 4) is 0 Å². The molecule has 94 valence electrons. The molecule has 0 radical (unpaired) electrons. The molecule has 3 nitrogen and oxygen atoms in total. The lowest BCUT2D eigenvalue weighted by Gasteiger charge is -2.23. The zero-order valence-corrected chi connectivity index (χ0v) is 10.7. The van der Waals surface area contributed by atoms with Gasteiger partial charge in [0.2, 0.25) is 0 Å². The molecule has 0 aliphatic carbocycles. The van der Waals surface area contributed by atoms with Crippen LogP contribution in [-0.2, 0) is 0 Å². The third-order valence-corrected chi connectivity index (χ3v) is 3.98. The van der Waals surface area contributed by atoms with E-state index >= 15 is 0 Å². The number of nitrogens with zero attached hydrogens (tertiary/aromatic N) is 2. The first-order valence-corrected chi connectivity index (χ1v) is 7.07. The van der Waals surface area contributed by atoms with Crippen LogP contribution in [0, 0.1) is 0 Å². The van der Waals surface area contributed by atoms with Gasteiger partial charge >= 0.3 is 0 Å². The van der Waals surface area contributed by atoms with Crippen LogP contribution in [0.1, 0.15) is 32.6 Å². The smallest absolute Gasteiger partial charge is 0.0235 e. The first-order valence-electron chi connectivity index (χ1n) is 7.07. The fraction of sp³-hybridized carbons (Fsp3) is 1.00. The molecule has 0 aromatic heterocycles. The Balaban J connectivity index is 1.59. The van der Waals surface area contributed by atoms with Crippen molar-refractivity contribution in [1.29, 1.82) is 0 Å². The summed E-state index contributed by atoms with van der Waals surface area (Å²) in [5, 5.41) is 3.40. The van der Waals surface area contributed by atoms with E-state index in [1.165, 1.54) is 65.0 Å². The second kappa shape index (κ2) is 6.58. The molecular weight excluding hydrogens is 198 g/mol. The van der Waals surface area contributed by atoms with Crippen molar-refractivity contribution in [3.63, 3.8) is 0 Å². The second-order valence-corrected chi connectivity index (χ2v) is 5.19. The van der Waals surface area contributed by atoms with E-state index in [0.717, 1.165) is 12.6 Å². The minimum Gasteiger partial charge on any atom is -0.317 e. The van der Waals surface area contributed by atoms with E-state index in [0.29, 0.717) is 0 Å². The van der Waals surface area contributed by atoms with Gasteiger partial charge in [-0.2, -0.15) is 0 Å². The van der Waals surface area contributed by atoms with Crippen LogP contribution in [0.4, 0.5) is 0 Å². The fourth-order valence-corrected chi connectivity index (χ4v) is 3.02. The molecule has 2 saturated heterocycles. The Bertz CT molecular complexity index is 190. The third-order valence-electron chi connectivity index (χ3n) is 3.98. The van der Waals surface area contributed by atoms with Crippen LogP contribution in [0.2, 0.25) is 0 Å². The molecule has 1 atom stereocenters. The summed E-state index contributed by atoms with van der Waals surface area (Å²) in [5.74, 6) is 0. The lowest BCUT2D eigenvalue weighted by Crippen LogP contribution is -2.35. The van der Waals surface area contributed by atoms with Gasteiger partial charge in [0.15, 0.2) is 0 Å². The van der Waals surface area contributed by atoms with Crippen molar-refractivity contribution in [3.05, 3.63) is 0 Å². The minimum absolute atomic E-state index is 0.877. The first kappa shape index (κ1) is 12.3. The predicted octanol–water partition coefficient (Wildman–Crippen LogP) is 1.16. The Labute approximate surface area is 100 Å². The summed E-state index contributed by atoms with van der Waals surface area (Å²) < 4.78 is 0. The maximum Gasteiger partial charge on any atom is 0.0235 e. The zero-order valence-electron chi connectivity index (χ0n) is 10.7. The standard InChI is InChI=1S/C13H27N3/c1-2-14-7-5-8-15-11-6-13(12-15)16-9-3-4-10-16/h13-14H,2-12H2,1H3. The molecule has 1 unspecified atom stereocenters. The van der Waals surface area contributed by atoms with Crippen LogP contribution < -0.4 is 5.32 Å². The van der Waals surface area contributed by atoms with Crippen LogP contribution in [0.25, 0.3) is 0 Å². The normalized spacial score (nSPS) is 27.9. The molecule has 0 saturated carbocycles. The average molecular weight is 225 g/mol. The third kappa shape index (κ3) is 3.44. The number of rotatable bonds is 6. The highest BCUT2D eigenvalue weighted by atomic mass is 15.3. The van der Waals surface area contributed by atoms with Crippen LogP contribution in [0.3, 0.4) is 0 Å². The van der Waals surface area contributed by atoms with Gasteiger partial charge in [-0.25, -0.2) is 0 Å². The second-order valence-electron chi connectivity index (χ2n) is 5.19. The quantitative estimate of drug-likeness (QED) is 0.684. The van der Waals surface area contributed by atoms with Gasteiger partial charge in [0.1, 0.15) is 0 Å². The van der Waals surface area contributed by atoms with Crippen LogP contribution in [0.5, 0.6) is 0 Å². The Kier molecular flexibility index (Phi) is 5.07. The van der Waals surface area contributed by atoms with Crippen molar-refractivity contribution >= 4 is 0 Å². The van der Waals surface area contributed by atoms with Crippen molar-refractivity contribution in [1.82, 2.24) is 15.1 Å². The molecule has 0 aromatic rings. The number of hydrogen-bond donors (Lipinski definition) is 1. The van der Waals surface area contributed by atoms with Crippen LogP contribution in [-0.4, -0.2) is 61.7 Å². The maximum atomic E-state index is 3.40. The van der Waals surface area contributed by atoms with Crippen molar-refractivity contribution in [2.24, 2.45) is 0 Å². The van der Waals surface area contributed by atoms with Crippen LogP contribution >= 0.6 is 0 Å². The van der Waals surface area contributed by atoms with Gasteiger partial charge in [0.05, 0.1) is 0 Å². The van der Waals surface area contributed by atoms with E-state index in [1.54, 1.807) is 0 Å². The lowest BCUT2D eigenvalue weighted by atomic mass is 10.2. The number of hydrogen-bond acceptors (Lipinski definition) is 3. The Morgan fingerprint density at radius 3 is 2.75 bits per heavy atom. The SMILES string of the molecule is CCNCCCN1CCC(N2CCCC2)C1. The molecule has 2 rings (SSSR count). The number of nitrogens with one attached hydrogen (secondary N) is 1. The van der Waals surface area contributed by atoms with Gasteiger partial charge in [-0.1, -0.05) is 6.92 Å². The molecule has 2 aliphatic rings. The summed E-state index contributed by atoms with van der Waals surface area (Å²) in [6.45, 7) is 11.1. The molecule has 2 fully saturated rings. The summed E-state index contributed by atoms with van der Waals surface area (Å²) >= 11 is 0. The van der Waals surface area contributed by atoms with E-state index in [-0.39, 0.29) is 0 Å². The van der Waals surface area contributed by atoms with Gasteiger partial charge in [0.25, 0.3) is 0 Å². The lowest BCUT2D eigenvalue weighted by molar-refractivity contribution is 0.231. The maximum absolute atomic E-state index is 3.40. The molecule has 16 heavy (non-hydrogen) atoms. The van der Waals surface area contributed by atoms with Gasteiger partial charge in [-0.3, -0.25) is 4.90 Å². The topological polar surface area (TPSA) is 18.5 Å². The molecule has 2 aliphatic heterocycles. The molecular formula is C13H27N3. The highest BCUT2D eigenvalue weighted by molar-refractivity contribution is 4.85. The molecule has 0 aromatic carbocycles. The van der Waals surface area contributed by atoms with Crippen molar-refractivity contribution in [2.45, 2.75) is 38.6 Å². The highest BCUT2D eigenvalue weighted by Crippen LogP contribution is 2.20. The van der Waals surface area contributed by atoms with Crippen molar-refractivity contribution in [2.75, 3.05) is 45.8 Å². The summed E-state index contributed by atoms with van der Waals surface area (Å²) in [6, 6.07) is 0.877. The Morgan fingerprint density at radius 2 is 2.00 bits per heavy atom. The summed E-state index contributed by atoms with van der Waals surface area (Å²) in [5.41, 5.74) is 0. The van der Waals surface area contributed by atoms with E-state index < -0.39 is 0 Å². The molecule has 0 bridgehead atoms. The van der Waals surface area contributed by atoms with Crippen molar-refractivity contribution < 1.29 is 0 Å². The zero-order chi connectivity index (χ0) is 11.2. The summed E-state index contributed by atoms with van der Waals surface area (Å²) in [6.07, 6.45) is 5.57. The minimum atomic E-state index is 0.877. The monoisotopic (exact) mass is 225 g/mol. The van der Waals surface area contributed by atoms with E-state index in [9.17, 15) is 0 Å². The Morgan fingerprint density at radius 1 is 1.19 bits per heavy atom. The number of likely N-dealkylation sites (tertiary alicyclic amines) is 2. The summed E-state index contributed by atoms with van der Waals surface area (Å²) in [4.78, 5) is 5.37. The van der Waals surface area contributed by atoms with Gasteiger partial charge in [-0.15, -0.1) is 0 Å². The van der Waals surface area contributed by atoms with Gasteiger partial charge in [0, 0.05) is 12.6 Å². The Hall–Kier alpha value is -0.120. The average Bonchev–Trinajstić information content (AvgIpc) is 2.94. The summed E-state index contributed by atoms with van der Waals surface area (Å²) in [7, 11) is 0. The van der Waals surface area contributed by atoms with E-state index in [2.05, 4.69) is 22.0 Å². The van der Waals surface area contributed by atoms with Gasteiger partial charge < -0.3 is 10.2 Å². The molecule has 3 heteroatoms. The van der Waals surface area contributed by atoms with E-state index in [4.69, 9.17) is 0 Å².